The maximum absolute atomic E-state index is 11.5. The first-order valence-electron chi connectivity index (χ1n) is 6.15. The molecular formula is C12H22N2O3. The highest BCUT2D eigenvalue weighted by atomic mass is 16.4. The van der Waals surface area contributed by atoms with Gasteiger partial charge in [-0.1, -0.05) is 20.3 Å². The lowest BCUT2D eigenvalue weighted by Gasteiger charge is -2.35. The molecule has 1 atom stereocenters. The summed E-state index contributed by atoms with van der Waals surface area (Å²) >= 11 is 0. The quantitative estimate of drug-likeness (QED) is 0.702. The zero-order valence-corrected chi connectivity index (χ0v) is 10.6. The molecule has 0 heterocycles. The van der Waals surface area contributed by atoms with E-state index in [4.69, 9.17) is 5.11 Å². The first-order valence-corrected chi connectivity index (χ1v) is 6.15. The summed E-state index contributed by atoms with van der Waals surface area (Å²) in [5.74, 6) is -0.899. The van der Waals surface area contributed by atoms with Crippen molar-refractivity contribution in [3.63, 3.8) is 0 Å². The van der Waals surface area contributed by atoms with Crippen LogP contribution in [0.1, 0.15) is 46.0 Å². The molecular weight excluding hydrogens is 220 g/mol. The number of hydrogen-bond donors (Lipinski definition) is 3. The highest BCUT2D eigenvalue weighted by Crippen LogP contribution is 2.34. The van der Waals surface area contributed by atoms with Crippen LogP contribution in [0.15, 0.2) is 0 Å². The highest BCUT2D eigenvalue weighted by Gasteiger charge is 2.28. The molecule has 0 saturated heterocycles. The standard InChI is InChI=1S/C12H22N2O3/c1-12(2)6-3-4-9(8-12)14-11(17)13-7-5-10(15)16/h9H,3-8H2,1-2H3,(H,15,16)(H2,13,14,17). The van der Waals surface area contributed by atoms with Crippen LogP contribution in [0, 0.1) is 5.41 Å². The van der Waals surface area contributed by atoms with E-state index in [0.29, 0.717) is 0 Å². The topological polar surface area (TPSA) is 78.4 Å². The van der Waals surface area contributed by atoms with Crippen molar-refractivity contribution in [2.45, 2.75) is 52.0 Å². The molecule has 1 aliphatic carbocycles. The van der Waals surface area contributed by atoms with Gasteiger partial charge in [-0.3, -0.25) is 4.79 Å². The number of carbonyl (C=O) groups is 2. The summed E-state index contributed by atoms with van der Waals surface area (Å²) in [5.41, 5.74) is 0.289. The second kappa shape index (κ2) is 5.89. The van der Waals surface area contributed by atoms with Crippen molar-refractivity contribution in [1.29, 1.82) is 0 Å². The fourth-order valence-corrected chi connectivity index (χ4v) is 2.34. The van der Waals surface area contributed by atoms with Crippen molar-refractivity contribution in [2.24, 2.45) is 5.41 Å². The van der Waals surface area contributed by atoms with E-state index < -0.39 is 5.97 Å². The number of nitrogens with one attached hydrogen (secondary N) is 2. The van der Waals surface area contributed by atoms with Crippen LogP contribution in [-0.4, -0.2) is 29.7 Å². The van der Waals surface area contributed by atoms with Gasteiger partial charge < -0.3 is 15.7 Å². The number of aliphatic carboxylic acids is 1. The molecule has 2 amide bonds. The summed E-state index contributed by atoms with van der Waals surface area (Å²) in [7, 11) is 0. The molecule has 0 aromatic carbocycles. The minimum atomic E-state index is -0.899. The SMILES string of the molecule is CC1(C)CCCC(NC(=O)NCCC(=O)O)C1. The van der Waals surface area contributed by atoms with E-state index >= 15 is 0 Å². The van der Waals surface area contributed by atoms with Gasteiger partial charge in [-0.2, -0.15) is 0 Å². The van der Waals surface area contributed by atoms with E-state index in [1.807, 2.05) is 0 Å². The molecule has 0 aromatic heterocycles. The molecule has 0 aromatic rings. The lowest BCUT2D eigenvalue weighted by atomic mass is 9.75. The number of carboxylic acid groups (broad SMARTS) is 1. The summed E-state index contributed by atoms with van der Waals surface area (Å²) in [6.07, 6.45) is 4.29. The van der Waals surface area contributed by atoms with Gasteiger partial charge in [-0.15, -0.1) is 0 Å². The van der Waals surface area contributed by atoms with Gasteiger partial charge in [0.1, 0.15) is 0 Å². The van der Waals surface area contributed by atoms with Crippen LogP contribution < -0.4 is 10.6 Å². The van der Waals surface area contributed by atoms with Crippen molar-refractivity contribution < 1.29 is 14.7 Å². The van der Waals surface area contributed by atoms with Crippen LogP contribution in [0.2, 0.25) is 0 Å². The Morgan fingerprint density at radius 3 is 2.71 bits per heavy atom. The second-order valence-corrected chi connectivity index (χ2v) is 5.50. The number of rotatable bonds is 4. The second-order valence-electron chi connectivity index (χ2n) is 5.50. The van der Waals surface area contributed by atoms with Gasteiger partial charge in [0, 0.05) is 12.6 Å². The van der Waals surface area contributed by atoms with Crippen LogP contribution in [0.4, 0.5) is 4.79 Å². The molecule has 5 nitrogen and oxygen atoms in total. The van der Waals surface area contributed by atoms with Crippen molar-refractivity contribution in [3.8, 4) is 0 Å². The zero-order valence-electron chi connectivity index (χ0n) is 10.6. The predicted molar refractivity (Wildman–Crippen MR) is 64.8 cm³/mol. The molecule has 0 aliphatic heterocycles. The fourth-order valence-electron chi connectivity index (χ4n) is 2.34. The molecule has 5 heteroatoms. The van der Waals surface area contributed by atoms with Gasteiger partial charge in [0.25, 0.3) is 0 Å². The van der Waals surface area contributed by atoms with Crippen molar-refractivity contribution >= 4 is 12.0 Å². The Hall–Kier alpha value is -1.26. The minimum Gasteiger partial charge on any atom is -0.481 e. The van der Waals surface area contributed by atoms with Gasteiger partial charge in [-0.05, 0) is 24.7 Å². The largest absolute Gasteiger partial charge is 0.481 e. The first kappa shape index (κ1) is 13.8. The minimum absolute atomic E-state index is 0.0381. The molecule has 1 aliphatic rings. The number of urea groups is 1. The van der Waals surface area contributed by atoms with Gasteiger partial charge in [-0.25, -0.2) is 4.79 Å². The summed E-state index contributed by atoms with van der Waals surface area (Å²) in [5, 5.41) is 13.9. The Morgan fingerprint density at radius 2 is 2.12 bits per heavy atom. The maximum atomic E-state index is 11.5. The predicted octanol–water partition coefficient (Wildman–Crippen LogP) is 1.73. The van der Waals surface area contributed by atoms with Gasteiger partial charge in [0.15, 0.2) is 0 Å². The third kappa shape index (κ3) is 5.56. The Morgan fingerprint density at radius 1 is 1.41 bits per heavy atom. The van der Waals surface area contributed by atoms with Crippen LogP contribution in [0.5, 0.6) is 0 Å². The summed E-state index contributed by atoms with van der Waals surface area (Å²) in [6, 6.07) is -0.0440. The number of amides is 2. The Kier molecular flexibility index (Phi) is 4.78. The van der Waals surface area contributed by atoms with Crippen molar-refractivity contribution in [3.05, 3.63) is 0 Å². The van der Waals surface area contributed by atoms with Crippen LogP contribution in [0.25, 0.3) is 0 Å². The van der Waals surface area contributed by atoms with Crippen molar-refractivity contribution in [1.82, 2.24) is 10.6 Å². The molecule has 1 unspecified atom stereocenters. The highest BCUT2D eigenvalue weighted by molar-refractivity contribution is 5.75. The monoisotopic (exact) mass is 242 g/mol. The number of hydrogen-bond acceptors (Lipinski definition) is 2. The molecule has 1 saturated carbocycles. The molecule has 0 bridgehead atoms. The fraction of sp³-hybridized carbons (Fsp3) is 0.833. The molecule has 3 N–H and O–H groups in total. The number of carbonyl (C=O) groups excluding carboxylic acids is 1. The van der Waals surface area contributed by atoms with E-state index in [1.54, 1.807) is 0 Å². The third-order valence-electron chi connectivity index (χ3n) is 3.16. The average Bonchev–Trinajstić information content (AvgIpc) is 2.14. The zero-order chi connectivity index (χ0) is 12.9. The first-order chi connectivity index (χ1) is 7.89. The van der Waals surface area contributed by atoms with Crippen LogP contribution in [-0.2, 0) is 4.79 Å². The molecule has 1 fully saturated rings. The lowest BCUT2D eigenvalue weighted by Crippen LogP contribution is -2.45. The third-order valence-corrected chi connectivity index (χ3v) is 3.16. The summed E-state index contributed by atoms with van der Waals surface area (Å²) in [4.78, 5) is 21.8. The molecule has 17 heavy (non-hydrogen) atoms. The molecule has 0 radical (unpaired) electrons. The molecule has 98 valence electrons. The maximum Gasteiger partial charge on any atom is 0.315 e. The average molecular weight is 242 g/mol. The molecule has 0 spiro atoms. The van der Waals surface area contributed by atoms with E-state index in [9.17, 15) is 9.59 Å². The van der Waals surface area contributed by atoms with E-state index in [-0.39, 0.29) is 30.5 Å². The van der Waals surface area contributed by atoms with E-state index in [1.165, 1.54) is 6.42 Å². The summed E-state index contributed by atoms with van der Waals surface area (Å²) in [6.45, 7) is 4.60. The van der Waals surface area contributed by atoms with Crippen molar-refractivity contribution in [2.75, 3.05) is 6.54 Å². The Labute approximate surface area is 102 Å². The van der Waals surface area contributed by atoms with E-state index in [0.717, 1.165) is 19.3 Å². The summed E-state index contributed by atoms with van der Waals surface area (Å²) < 4.78 is 0. The van der Waals surface area contributed by atoms with Gasteiger partial charge in [0.2, 0.25) is 0 Å². The number of carboxylic acids is 1. The van der Waals surface area contributed by atoms with Gasteiger partial charge in [0.05, 0.1) is 6.42 Å². The Bertz CT molecular complexity index is 289. The Balaban J connectivity index is 2.24. The van der Waals surface area contributed by atoms with Crippen LogP contribution in [0.3, 0.4) is 0 Å². The smallest absolute Gasteiger partial charge is 0.315 e. The lowest BCUT2D eigenvalue weighted by molar-refractivity contribution is -0.136. The van der Waals surface area contributed by atoms with Crippen LogP contribution >= 0.6 is 0 Å². The van der Waals surface area contributed by atoms with Gasteiger partial charge >= 0.3 is 12.0 Å². The normalized spacial score (nSPS) is 22.8. The molecule has 1 rings (SSSR count). The van der Waals surface area contributed by atoms with E-state index in [2.05, 4.69) is 24.5 Å².